The molecule has 0 saturated heterocycles. The van der Waals surface area contributed by atoms with E-state index in [4.69, 9.17) is 4.98 Å². The Morgan fingerprint density at radius 2 is 1.87 bits per heavy atom. The number of amides is 1. The standard InChI is InChI=1S/C20H18N2O/c1-13-6-8-15(9-7-13)20(23)22-11-10-17-12-16-5-3-4-14(2)18(16)21-19(17)22/h3-9,12H,10-11H2,1-2H3. The summed E-state index contributed by atoms with van der Waals surface area (Å²) in [7, 11) is 0. The van der Waals surface area contributed by atoms with E-state index in [1.54, 1.807) is 0 Å². The Hall–Kier alpha value is -2.68. The Labute approximate surface area is 135 Å². The Bertz CT molecular complexity index is 913. The molecule has 23 heavy (non-hydrogen) atoms. The average molecular weight is 302 g/mol. The van der Waals surface area contributed by atoms with E-state index < -0.39 is 0 Å². The Balaban J connectivity index is 1.79. The molecule has 0 radical (unpaired) electrons. The zero-order valence-electron chi connectivity index (χ0n) is 13.3. The van der Waals surface area contributed by atoms with Crippen LogP contribution in [-0.2, 0) is 6.42 Å². The number of fused-ring (bicyclic) bond motifs is 2. The molecule has 0 atom stereocenters. The molecule has 0 N–H and O–H groups in total. The minimum Gasteiger partial charge on any atom is -0.292 e. The molecular formula is C20H18N2O. The molecule has 114 valence electrons. The van der Waals surface area contributed by atoms with E-state index in [1.807, 2.05) is 36.1 Å². The predicted octanol–water partition coefficient (Wildman–Crippen LogP) is 4.05. The van der Waals surface area contributed by atoms with E-state index in [-0.39, 0.29) is 5.91 Å². The number of benzene rings is 2. The zero-order chi connectivity index (χ0) is 16.0. The van der Waals surface area contributed by atoms with E-state index in [1.165, 1.54) is 0 Å². The first-order valence-corrected chi connectivity index (χ1v) is 7.91. The van der Waals surface area contributed by atoms with Gasteiger partial charge in [0.05, 0.1) is 5.52 Å². The number of anilines is 1. The normalized spacial score (nSPS) is 13.4. The second-order valence-electron chi connectivity index (χ2n) is 6.19. The molecule has 3 nitrogen and oxygen atoms in total. The first kappa shape index (κ1) is 13.9. The fourth-order valence-corrected chi connectivity index (χ4v) is 3.19. The largest absolute Gasteiger partial charge is 0.292 e. The molecule has 1 amide bonds. The van der Waals surface area contributed by atoms with Crippen LogP contribution in [0.5, 0.6) is 0 Å². The van der Waals surface area contributed by atoms with Crippen molar-refractivity contribution >= 4 is 22.6 Å². The summed E-state index contributed by atoms with van der Waals surface area (Å²) < 4.78 is 0. The molecule has 0 saturated carbocycles. The van der Waals surface area contributed by atoms with E-state index in [0.717, 1.165) is 45.4 Å². The third-order valence-electron chi connectivity index (χ3n) is 4.51. The van der Waals surface area contributed by atoms with Gasteiger partial charge in [-0.2, -0.15) is 0 Å². The number of rotatable bonds is 1. The van der Waals surface area contributed by atoms with Crippen molar-refractivity contribution in [3.8, 4) is 0 Å². The average Bonchev–Trinajstić information content (AvgIpc) is 2.96. The van der Waals surface area contributed by atoms with Gasteiger partial charge in [0.15, 0.2) is 0 Å². The molecule has 0 aliphatic carbocycles. The van der Waals surface area contributed by atoms with Gasteiger partial charge in [0.2, 0.25) is 0 Å². The molecule has 0 fully saturated rings. The molecule has 3 aromatic rings. The number of para-hydroxylation sites is 1. The maximum absolute atomic E-state index is 12.8. The van der Waals surface area contributed by atoms with Gasteiger partial charge in [0.1, 0.15) is 5.82 Å². The van der Waals surface area contributed by atoms with Crippen molar-refractivity contribution in [3.05, 3.63) is 70.8 Å². The predicted molar refractivity (Wildman–Crippen MR) is 93.0 cm³/mol. The van der Waals surface area contributed by atoms with Crippen LogP contribution in [0.4, 0.5) is 5.82 Å². The lowest BCUT2D eigenvalue weighted by Crippen LogP contribution is -2.29. The van der Waals surface area contributed by atoms with Crippen molar-refractivity contribution < 1.29 is 4.79 Å². The van der Waals surface area contributed by atoms with Crippen LogP contribution in [0, 0.1) is 13.8 Å². The summed E-state index contributed by atoms with van der Waals surface area (Å²) in [6.07, 6.45) is 0.865. The third kappa shape index (κ3) is 2.29. The molecule has 3 heteroatoms. The van der Waals surface area contributed by atoms with Crippen LogP contribution in [0.15, 0.2) is 48.5 Å². The van der Waals surface area contributed by atoms with E-state index >= 15 is 0 Å². The van der Waals surface area contributed by atoms with Crippen molar-refractivity contribution in [1.82, 2.24) is 4.98 Å². The number of pyridine rings is 1. The Morgan fingerprint density at radius 1 is 1.09 bits per heavy atom. The summed E-state index contributed by atoms with van der Waals surface area (Å²) >= 11 is 0. The van der Waals surface area contributed by atoms with Gasteiger partial charge in [0.25, 0.3) is 5.91 Å². The van der Waals surface area contributed by atoms with E-state index in [2.05, 4.69) is 31.2 Å². The number of carbonyl (C=O) groups excluding carboxylic acids is 1. The SMILES string of the molecule is Cc1ccc(C(=O)N2CCc3cc4cccc(C)c4nc32)cc1. The Kier molecular flexibility index (Phi) is 3.15. The number of hydrogen-bond donors (Lipinski definition) is 0. The van der Waals surface area contributed by atoms with E-state index in [0.29, 0.717) is 6.54 Å². The summed E-state index contributed by atoms with van der Waals surface area (Å²) in [5.41, 5.74) is 5.15. The van der Waals surface area contributed by atoms with Crippen LogP contribution in [0.1, 0.15) is 27.0 Å². The van der Waals surface area contributed by atoms with Gasteiger partial charge in [-0.25, -0.2) is 4.98 Å². The van der Waals surface area contributed by atoms with Crippen LogP contribution in [0.25, 0.3) is 10.9 Å². The lowest BCUT2D eigenvalue weighted by Gasteiger charge is -2.17. The summed E-state index contributed by atoms with van der Waals surface area (Å²) in [6.45, 7) is 4.78. The van der Waals surface area contributed by atoms with Crippen LogP contribution in [-0.4, -0.2) is 17.4 Å². The summed E-state index contributed by atoms with van der Waals surface area (Å²) in [5.74, 6) is 0.849. The maximum Gasteiger partial charge on any atom is 0.259 e. The summed E-state index contributed by atoms with van der Waals surface area (Å²) in [5, 5.41) is 1.15. The highest BCUT2D eigenvalue weighted by molar-refractivity contribution is 6.07. The van der Waals surface area contributed by atoms with Crippen molar-refractivity contribution in [2.24, 2.45) is 0 Å². The molecule has 1 aromatic heterocycles. The quantitative estimate of drug-likeness (QED) is 0.679. The molecule has 4 rings (SSSR count). The lowest BCUT2D eigenvalue weighted by atomic mass is 10.1. The maximum atomic E-state index is 12.8. The van der Waals surface area contributed by atoms with Crippen LogP contribution in [0.3, 0.4) is 0 Å². The van der Waals surface area contributed by atoms with Crippen LogP contribution in [0.2, 0.25) is 0 Å². The molecule has 0 spiro atoms. The molecule has 0 bridgehead atoms. The highest BCUT2D eigenvalue weighted by Crippen LogP contribution is 2.31. The third-order valence-corrected chi connectivity index (χ3v) is 4.51. The van der Waals surface area contributed by atoms with Gasteiger partial charge in [-0.15, -0.1) is 0 Å². The number of aromatic nitrogens is 1. The second-order valence-corrected chi connectivity index (χ2v) is 6.19. The molecular weight excluding hydrogens is 284 g/mol. The van der Waals surface area contributed by atoms with Gasteiger partial charge >= 0.3 is 0 Å². The van der Waals surface area contributed by atoms with Crippen molar-refractivity contribution in [1.29, 1.82) is 0 Å². The summed E-state index contributed by atoms with van der Waals surface area (Å²) in [6, 6.07) is 16.1. The number of hydrogen-bond acceptors (Lipinski definition) is 2. The van der Waals surface area contributed by atoms with Crippen LogP contribution >= 0.6 is 0 Å². The Morgan fingerprint density at radius 3 is 2.65 bits per heavy atom. The second kappa shape index (κ2) is 5.20. The monoisotopic (exact) mass is 302 g/mol. The van der Waals surface area contributed by atoms with Gasteiger partial charge in [-0.3, -0.25) is 9.69 Å². The van der Waals surface area contributed by atoms with E-state index in [9.17, 15) is 4.79 Å². The minimum absolute atomic E-state index is 0.0317. The molecule has 1 aliphatic heterocycles. The smallest absolute Gasteiger partial charge is 0.259 e. The number of aryl methyl sites for hydroxylation is 2. The van der Waals surface area contributed by atoms with Crippen molar-refractivity contribution in [2.75, 3.05) is 11.4 Å². The minimum atomic E-state index is 0.0317. The first-order chi connectivity index (χ1) is 11.1. The number of nitrogens with zero attached hydrogens (tertiary/aromatic N) is 2. The van der Waals surface area contributed by atoms with Crippen molar-refractivity contribution in [3.63, 3.8) is 0 Å². The number of carbonyl (C=O) groups is 1. The topological polar surface area (TPSA) is 33.2 Å². The fourth-order valence-electron chi connectivity index (χ4n) is 3.19. The van der Waals surface area contributed by atoms with Gasteiger partial charge in [-0.1, -0.05) is 35.9 Å². The van der Waals surface area contributed by atoms with Crippen molar-refractivity contribution in [2.45, 2.75) is 20.3 Å². The molecule has 1 aliphatic rings. The molecule has 2 heterocycles. The zero-order valence-corrected chi connectivity index (χ0v) is 13.3. The molecule has 2 aromatic carbocycles. The van der Waals surface area contributed by atoms with Crippen LogP contribution < -0.4 is 4.90 Å². The van der Waals surface area contributed by atoms with Gasteiger partial charge < -0.3 is 0 Å². The van der Waals surface area contributed by atoms with Gasteiger partial charge in [0, 0.05) is 17.5 Å². The fraction of sp³-hybridized carbons (Fsp3) is 0.200. The summed E-state index contributed by atoms with van der Waals surface area (Å²) in [4.78, 5) is 19.4. The highest BCUT2D eigenvalue weighted by atomic mass is 16.2. The first-order valence-electron chi connectivity index (χ1n) is 7.91. The highest BCUT2D eigenvalue weighted by Gasteiger charge is 2.27. The lowest BCUT2D eigenvalue weighted by molar-refractivity contribution is 0.0989. The van der Waals surface area contributed by atoms with Gasteiger partial charge in [-0.05, 0) is 49.6 Å². The molecule has 0 unspecified atom stereocenters.